The molecule has 0 aliphatic rings. The summed E-state index contributed by atoms with van der Waals surface area (Å²) in [5.74, 6) is 0. The molecule has 0 amide bonds. The van der Waals surface area contributed by atoms with E-state index in [0.29, 0.717) is 12.6 Å². The lowest BCUT2D eigenvalue weighted by molar-refractivity contribution is 0.108. The third-order valence-corrected chi connectivity index (χ3v) is 3.97. The Balaban J connectivity index is 2.67. The zero-order valence-corrected chi connectivity index (χ0v) is 12.1. The molecule has 4 heteroatoms. The van der Waals surface area contributed by atoms with Crippen LogP contribution in [0.3, 0.4) is 0 Å². The third-order valence-electron chi connectivity index (χ3n) is 2.99. The van der Waals surface area contributed by atoms with Crippen molar-refractivity contribution in [1.82, 2.24) is 4.90 Å². The molecule has 0 bridgehead atoms. The van der Waals surface area contributed by atoms with Crippen LogP contribution in [-0.4, -0.2) is 38.3 Å². The molecule has 1 unspecified atom stereocenters. The molecule has 0 aliphatic carbocycles. The van der Waals surface area contributed by atoms with Crippen molar-refractivity contribution in [2.24, 2.45) is 5.73 Å². The predicted octanol–water partition coefficient (Wildman–Crippen LogP) is 2.33. The Morgan fingerprint density at radius 2 is 2.18 bits per heavy atom. The van der Waals surface area contributed by atoms with Gasteiger partial charge in [0, 0.05) is 35.5 Å². The van der Waals surface area contributed by atoms with Crippen LogP contribution < -0.4 is 5.73 Å². The van der Waals surface area contributed by atoms with Gasteiger partial charge in [0.1, 0.15) is 0 Å². The Bertz CT molecular complexity index is 338. The molecule has 0 aliphatic heterocycles. The average Bonchev–Trinajstić information content (AvgIpc) is 2.60. The van der Waals surface area contributed by atoms with Gasteiger partial charge in [0.25, 0.3) is 0 Å². The minimum atomic E-state index is 0.306. The summed E-state index contributed by atoms with van der Waals surface area (Å²) >= 11 is 1.85. The van der Waals surface area contributed by atoms with Crippen molar-refractivity contribution in [2.45, 2.75) is 26.8 Å². The van der Waals surface area contributed by atoms with Gasteiger partial charge in [-0.05, 0) is 39.4 Å². The van der Waals surface area contributed by atoms with Gasteiger partial charge in [0.05, 0.1) is 6.61 Å². The van der Waals surface area contributed by atoms with Crippen LogP contribution in [0.4, 0.5) is 0 Å². The zero-order chi connectivity index (χ0) is 12.8. The second-order valence-corrected chi connectivity index (χ2v) is 5.76. The molecular formula is C13H24N2OS. The summed E-state index contributed by atoms with van der Waals surface area (Å²) in [7, 11) is 2.11. The number of thiophene rings is 1. The van der Waals surface area contributed by atoms with Gasteiger partial charge in [-0.1, -0.05) is 0 Å². The predicted molar refractivity (Wildman–Crippen MR) is 74.7 cm³/mol. The van der Waals surface area contributed by atoms with Crippen LogP contribution in [0.1, 0.15) is 28.3 Å². The monoisotopic (exact) mass is 256 g/mol. The lowest BCUT2D eigenvalue weighted by Crippen LogP contribution is -2.33. The highest BCUT2D eigenvalue weighted by molar-refractivity contribution is 7.12. The first-order valence-corrected chi connectivity index (χ1v) is 6.96. The van der Waals surface area contributed by atoms with Crippen molar-refractivity contribution in [1.29, 1.82) is 0 Å². The van der Waals surface area contributed by atoms with E-state index in [2.05, 4.69) is 31.9 Å². The SMILES string of the molecule is CCOCCN(C)C(CN)c1cc(C)sc1C. The van der Waals surface area contributed by atoms with E-state index in [1.165, 1.54) is 15.3 Å². The van der Waals surface area contributed by atoms with E-state index in [0.717, 1.165) is 19.8 Å². The van der Waals surface area contributed by atoms with Crippen molar-refractivity contribution >= 4 is 11.3 Å². The van der Waals surface area contributed by atoms with Gasteiger partial charge in [0.2, 0.25) is 0 Å². The van der Waals surface area contributed by atoms with E-state index in [1.807, 2.05) is 18.3 Å². The van der Waals surface area contributed by atoms with E-state index >= 15 is 0 Å². The Hall–Kier alpha value is -0.420. The summed E-state index contributed by atoms with van der Waals surface area (Å²) in [5, 5.41) is 0. The highest BCUT2D eigenvalue weighted by atomic mass is 32.1. The highest BCUT2D eigenvalue weighted by Gasteiger charge is 2.18. The van der Waals surface area contributed by atoms with E-state index in [-0.39, 0.29) is 0 Å². The van der Waals surface area contributed by atoms with Crippen molar-refractivity contribution in [2.75, 3.05) is 33.4 Å². The van der Waals surface area contributed by atoms with Crippen LogP contribution >= 0.6 is 11.3 Å². The van der Waals surface area contributed by atoms with Gasteiger partial charge >= 0.3 is 0 Å². The van der Waals surface area contributed by atoms with Crippen LogP contribution in [0, 0.1) is 13.8 Å². The summed E-state index contributed by atoms with van der Waals surface area (Å²) in [6, 6.07) is 2.56. The maximum atomic E-state index is 5.91. The molecule has 1 atom stereocenters. The van der Waals surface area contributed by atoms with E-state index in [9.17, 15) is 0 Å². The van der Waals surface area contributed by atoms with Gasteiger partial charge in [-0.2, -0.15) is 0 Å². The van der Waals surface area contributed by atoms with Crippen molar-refractivity contribution < 1.29 is 4.74 Å². The molecule has 2 N–H and O–H groups in total. The van der Waals surface area contributed by atoms with Crippen LogP contribution in [-0.2, 0) is 4.74 Å². The topological polar surface area (TPSA) is 38.5 Å². The standard InChI is InChI=1S/C13H24N2OS/c1-5-16-7-6-15(4)13(9-14)12-8-10(2)17-11(12)3/h8,13H,5-7,9,14H2,1-4H3. The Morgan fingerprint density at radius 3 is 2.65 bits per heavy atom. The smallest absolute Gasteiger partial charge is 0.0593 e. The van der Waals surface area contributed by atoms with Gasteiger partial charge < -0.3 is 10.5 Å². The quantitative estimate of drug-likeness (QED) is 0.761. The fourth-order valence-electron chi connectivity index (χ4n) is 2.03. The highest BCUT2D eigenvalue weighted by Crippen LogP contribution is 2.28. The minimum Gasteiger partial charge on any atom is -0.380 e. The molecule has 1 heterocycles. The van der Waals surface area contributed by atoms with E-state index < -0.39 is 0 Å². The maximum absolute atomic E-state index is 5.91. The molecule has 0 aromatic carbocycles. The molecule has 1 aromatic rings. The first kappa shape index (κ1) is 14.6. The van der Waals surface area contributed by atoms with E-state index in [4.69, 9.17) is 10.5 Å². The Morgan fingerprint density at radius 1 is 1.47 bits per heavy atom. The second-order valence-electron chi connectivity index (χ2n) is 4.30. The Labute approximate surface area is 109 Å². The summed E-state index contributed by atoms with van der Waals surface area (Å²) < 4.78 is 5.39. The summed E-state index contributed by atoms with van der Waals surface area (Å²) in [6.07, 6.45) is 0. The number of rotatable bonds is 7. The molecule has 1 rings (SSSR count). The lowest BCUT2D eigenvalue weighted by Gasteiger charge is -2.27. The van der Waals surface area contributed by atoms with E-state index in [1.54, 1.807) is 0 Å². The molecule has 0 spiro atoms. The fourth-order valence-corrected chi connectivity index (χ4v) is 3.02. The van der Waals surface area contributed by atoms with Crippen LogP contribution in [0.2, 0.25) is 0 Å². The van der Waals surface area contributed by atoms with Crippen LogP contribution in [0.15, 0.2) is 6.07 Å². The number of hydrogen-bond donors (Lipinski definition) is 1. The van der Waals surface area contributed by atoms with Crippen LogP contribution in [0.5, 0.6) is 0 Å². The number of hydrogen-bond acceptors (Lipinski definition) is 4. The molecule has 0 radical (unpaired) electrons. The Kier molecular flexibility index (Phi) is 6.12. The normalized spacial score (nSPS) is 13.3. The van der Waals surface area contributed by atoms with Gasteiger partial charge in [0.15, 0.2) is 0 Å². The molecule has 1 aromatic heterocycles. The van der Waals surface area contributed by atoms with Gasteiger partial charge in [-0.25, -0.2) is 0 Å². The number of nitrogens with two attached hydrogens (primary N) is 1. The minimum absolute atomic E-state index is 0.306. The first-order chi connectivity index (χ1) is 8.10. The number of aryl methyl sites for hydroxylation is 2. The van der Waals surface area contributed by atoms with Crippen molar-refractivity contribution in [3.8, 4) is 0 Å². The molecular weight excluding hydrogens is 232 g/mol. The number of nitrogens with zero attached hydrogens (tertiary/aromatic N) is 1. The van der Waals surface area contributed by atoms with Crippen LogP contribution in [0.25, 0.3) is 0 Å². The largest absolute Gasteiger partial charge is 0.380 e. The number of ether oxygens (including phenoxy) is 1. The summed E-state index contributed by atoms with van der Waals surface area (Å²) in [5.41, 5.74) is 7.28. The number of likely N-dealkylation sites (N-methyl/N-ethyl adjacent to an activating group) is 1. The summed E-state index contributed by atoms with van der Waals surface area (Å²) in [6.45, 7) is 9.46. The van der Waals surface area contributed by atoms with Crippen molar-refractivity contribution in [3.63, 3.8) is 0 Å². The van der Waals surface area contributed by atoms with Crippen molar-refractivity contribution in [3.05, 3.63) is 21.4 Å². The molecule has 0 saturated carbocycles. The fraction of sp³-hybridized carbons (Fsp3) is 0.692. The molecule has 98 valence electrons. The second kappa shape index (κ2) is 7.11. The molecule has 17 heavy (non-hydrogen) atoms. The molecule has 0 fully saturated rings. The zero-order valence-electron chi connectivity index (χ0n) is 11.3. The maximum Gasteiger partial charge on any atom is 0.0593 e. The van der Waals surface area contributed by atoms with Gasteiger partial charge in [-0.15, -0.1) is 11.3 Å². The summed E-state index contributed by atoms with van der Waals surface area (Å²) in [4.78, 5) is 5.01. The molecule has 3 nitrogen and oxygen atoms in total. The average molecular weight is 256 g/mol. The third kappa shape index (κ3) is 4.07. The molecule has 0 saturated heterocycles. The van der Waals surface area contributed by atoms with Gasteiger partial charge in [-0.3, -0.25) is 4.90 Å². The first-order valence-electron chi connectivity index (χ1n) is 6.15. The lowest BCUT2D eigenvalue weighted by atomic mass is 10.1.